The van der Waals surface area contributed by atoms with E-state index in [0.29, 0.717) is 0 Å². The summed E-state index contributed by atoms with van der Waals surface area (Å²) < 4.78 is 0. The minimum atomic E-state index is 0.913. The van der Waals surface area contributed by atoms with Crippen LogP contribution in [0.3, 0.4) is 0 Å². The van der Waals surface area contributed by atoms with Crippen molar-refractivity contribution in [2.45, 2.75) is 39.7 Å². The number of nitrogens with one attached hydrogen (secondary N) is 1. The second-order valence-corrected chi connectivity index (χ2v) is 5.19. The molecule has 1 aliphatic carbocycles. The van der Waals surface area contributed by atoms with Gasteiger partial charge in [0, 0.05) is 25.8 Å². The van der Waals surface area contributed by atoms with E-state index in [1.165, 1.54) is 31.4 Å². The summed E-state index contributed by atoms with van der Waals surface area (Å²) in [6.07, 6.45) is 5.93. The van der Waals surface area contributed by atoms with E-state index >= 15 is 0 Å². The summed E-state index contributed by atoms with van der Waals surface area (Å²) in [6.45, 7) is 8.63. The van der Waals surface area contributed by atoms with E-state index in [1.54, 1.807) is 0 Å². The Kier molecular flexibility index (Phi) is 5.00. The summed E-state index contributed by atoms with van der Waals surface area (Å²) in [7, 11) is 0. The van der Waals surface area contributed by atoms with E-state index < -0.39 is 0 Å². The molecule has 18 heavy (non-hydrogen) atoms. The standard InChI is InChI=1S/C15H25N3/c1-3-9-18(12-13-5-6-13)15-10-14(7-8-17-15)11-16-4-2/h7-8,10,13,16H,3-6,9,11-12H2,1-2H3. The largest absolute Gasteiger partial charge is 0.356 e. The Morgan fingerprint density at radius 1 is 1.39 bits per heavy atom. The smallest absolute Gasteiger partial charge is 0.128 e. The van der Waals surface area contributed by atoms with Crippen molar-refractivity contribution in [2.24, 2.45) is 5.92 Å². The van der Waals surface area contributed by atoms with Crippen molar-refractivity contribution in [3.05, 3.63) is 23.9 Å². The third kappa shape index (κ3) is 3.98. The Hall–Kier alpha value is -1.09. The van der Waals surface area contributed by atoms with Crippen molar-refractivity contribution in [1.82, 2.24) is 10.3 Å². The van der Waals surface area contributed by atoms with Crippen molar-refractivity contribution in [3.8, 4) is 0 Å². The molecule has 1 aliphatic rings. The Bertz CT molecular complexity index is 361. The number of rotatable bonds is 8. The first-order valence-electron chi connectivity index (χ1n) is 7.24. The van der Waals surface area contributed by atoms with Gasteiger partial charge in [-0.2, -0.15) is 0 Å². The lowest BCUT2D eigenvalue weighted by atomic mass is 10.2. The van der Waals surface area contributed by atoms with Crippen LogP contribution in [0.4, 0.5) is 5.82 Å². The van der Waals surface area contributed by atoms with Gasteiger partial charge in [-0.05, 0) is 49.4 Å². The van der Waals surface area contributed by atoms with Crippen LogP contribution in [0, 0.1) is 5.92 Å². The van der Waals surface area contributed by atoms with E-state index in [-0.39, 0.29) is 0 Å². The first kappa shape index (κ1) is 13.3. The highest BCUT2D eigenvalue weighted by Crippen LogP contribution is 2.31. The third-order valence-corrected chi connectivity index (χ3v) is 3.38. The van der Waals surface area contributed by atoms with Crippen molar-refractivity contribution >= 4 is 5.82 Å². The van der Waals surface area contributed by atoms with E-state index in [9.17, 15) is 0 Å². The number of nitrogens with zero attached hydrogens (tertiary/aromatic N) is 2. The normalized spacial score (nSPS) is 14.8. The number of hydrogen-bond acceptors (Lipinski definition) is 3. The summed E-state index contributed by atoms with van der Waals surface area (Å²) in [5, 5.41) is 3.37. The Balaban J connectivity index is 2.02. The predicted molar refractivity (Wildman–Crippen MR) is 76.8 cm³/mol. The summed E-state index contributed by atoms with van der Waals surface area (Å²) in [4.78, 5) is 7.00. The van der Waals surface area contributed by atoms with Gasteiger partial charge in [0.05, 0.1) is 0 Å². The molecule has 1 saturated carbocycles. The van der Waals surface area contributed by atoms with Gasteiger partial charge >= 0.3 is 0 Å². The quantitative estimate of drug-likeness (QED) is 0.765. The van der Waals surface area contributed by atoms with E-state index in [0.717, 1.165) is 31.4 Å². The zero-order valence-corrected chi connectivity index (χ0v) is 11.7. The summed E-state index contributed by atoms with van der Waals surface area (Å²) in [6, 6.07) is 4.34. The highest BCUT2D eigenvalue weighted by atomic mass is 15.2. The van der Waals surface area contributed by atoms with Gasteiger partial charge in [-0.15, -0.1) is 0 Å². The lowest BCUT2D eigenvalue weighted by Crippen LogP contribution is -2.27. The van der Waals surface area contributed by atoms with Crippen LogP contribution in [0.5, 0.6) is 0 Å². The van der Waals surface area contributed by atoms with Gasteiger partial charge in [0.15, 0.2) is 0 Å². The first-order chi connectivity index (χ1) is 8.83. The maximum atomic E-state index is 4.55. The molecule has 0 radical (unpaired) electrons. The van der Waals surface area contributed by atoms with Crippen LogP contribution in [0.25, 0.3) is 0 Å². The van der Waals surface area contributed by atoms with Gasteiger partial charge in [-0.25, -0.2) is 4.98 Å². The van der Waals surface area contributed by atoms with E-state index in [1.807, 2.05) is 6.20 Å². The van der Waals surface area contributed by atoms with E-state index in [2.05, 4.69) is 41.2 Å². The molecule has 0 aliphatic heterocycles. The van der Waals surface area contributed by atoms with Crippen molar-refractivity contribution in [2.75, 3.05) is 24.5 Å². The van der Waals surface area contributed by atoms with Crippen molar-refractivity contribution in [1.29, 1.82) is 0 Å². The molecule has 3 nitrogen and oxygen atoms in total. The Morgan fingerprint density at radius 2 is 2.22 bits per heavy atom. The zero-order chi connectivity index (χ0) is 12.8. The van der Waals surface area contributed by atoms with Crippen LogP contribution in [0.2, 0.25) is 0 Å². The topological polar surface area (TPSA) is 28.2 Å². The Labute approximate surface area is 111 Å². The number of anilines is 1. The fourth-order valence-electron chi connectivity index (χ4n) is 2.19. The molecule has 1 heterocycles. The molecule has 0 unspecified atom stereocenters. The summed E-state index contributed by atoms with van der Waals surface area (Å²) in [5.41, 5.74) is 1.33. The fourth-order valence-corrected chi connectivity index (χ4v) is 2.19. The summed E-state index contributed by atoms with van der Waals surface area (Å²) >= 11 is 0. The highest BCUT2D eigenvalue weighted by molar-refractivity contribution is 5.41. The maximum absolute atomic E-state index is 4.55. The second kappa shape index (κ2) is 6.74. The average Bonchev–Trinajstić information content (AvgIpc) is 3.20. The van der Waals surface area contributed by atoms with Crippen LogP contribution in [-0.4, -0.2) is 24.6 Å². The first-order valence-corrected chi connectivity index (χ1v) is 7.24. The lowest BCUT2D eigenvalue weighted by Gasteiger charge is -2.23. The van der Waals surface area contributed by atoms with Crippen LogP contribution in [-0.2, 0) is 6.54 Å². The molecule has 1 fully saturated rings. The monoisotopic (exact) mass is 247 g/mol. The van der Waals surface area contributed by atoms with Crippen molar-refractivity contribution in [3.63, 3.8) is 0 Å². The molecule has 0 atom stereocenters. The fraction of sp³-hybridized carbons (Fsp3) is 0.667. The van der Waals surface area contributed by atoms with Gasteiger partial charge in [-0.1, -0.05) is 13.8 Å². The van der Waals surface area contributed by atoms with Gasteiger partial charge in [-0.3, -0.25) is 0 Å². The lowest BCUT2D eigenvalue weighted by molar-refractivity contribution is 0.694. The molecular formula is C15H25N3. The van der Waals surface area contributed by atoms with Crippen LogP contribution in [0.15, 0.2) is 18.3 Å². The molecule has 0 aromatic carbocycles. The predicted octanol–water partition coefficient (Wildman–Crippen LogP) is 2.82. The van der Waals surface area contributed by atoms with Gasteiger partial charge < -0.3 is 10.2 Å². The van der Waals surface area contributed by atoms with Gasteiger partial charge in [0.2, 0.25) is 0 Å². The molecule has 0 saturated heterocycles. The zero-order valence-electron chi connectivity index (χ0n) is 11.7. The molecule has 2 rings (SSSR count). The molecule has 0 spiro atoms. The van der Waals surface area contributed by atoms with Gasteiger partial charge in [0.25, 0.3) is 0 Å². The van der Waals surface area contributed by atoms with Crippen LogP contribution in [0.1, 0.15) is 38.7 Å². The van der Waals surface area contributed by atoms with E-state index in [4.69, 9.17) is 0 Å². The Morgan fingerprint density at radius 3 is 2.89 bits per heavy atom. The van der Waals surface area contributed by atoms with Crippen molar-refractivity contribution < 1.29 is 0 Å². The number of aromatic nitrogens is 1. The SMILES string of the molecule is CCCN(CC1CC1)c1cc(CNCC)ccn1. The molecule has 3 heteroatoms. The minimum Gasteiger partial charge on any atom is -0.356 e. The molecule has 100 valence electrons. The molecule has 0 amide bonds. The number of hydrogen-bond donors (Lipinski definition) is 1. The minimum absolute atomic E-state index is 0.913. The third-order valence-electron chi connectivity index (χ3n) is 3.38. The summed E-state index contributed by atoms with van der Waals surface area (Å²) in [5.74, 6) is 2.06. The van der Waals surface area contributed by atoms with Crippen LogP contribution >= 0.6 is 0 Å². The highest BCUT2D eigenvalue weighted by Gasteiger charge is 2.24. The van der Waals surface area contributed by atoms with Crippen LogP contribution < -0.4 is 10.2 Å². The number of pyridine rings is 1. The second-order valence-electron chi connectivity index (χ2n) is 5.19. The molecule has 1 N–H and O–H groups in total. The average molecular weight is 247 g/mol. The molecule has 0 bridgehead atoms. The molecule has 1 aromatic rings. The molecular weight excluding hydrogens is 222 g/mol. The maximum Gasteiger partial charge on any atom is 0.128 e. The van der Waals surface area contributed by atoms with Gasteiger partial charge in [0.1, 0.15) is 5.82 Å². The molecule has 1 aromatic heterocycles.